The van der Waals surface area contributed by atoms with E-state index in [1.165, 1.54) is 19.4 Å². The van der Waals surface area contributed by atoms with Crippen molar-refractivity contribution in [2.24, 2.45) is 5.73 Å². The summed E-state index contributed by atoms with van der Waals surface area (Å²) in [4.78, 5) is 15.9. The van der Waals surface area contributed by atoms with Crippen molar-refractivity contribution in [3.63, 3.8) is 0 Å². The summed E-state index contributed by atoms with van der Waals surface area (Å²) in [5.41, 5.74) is 5.67. The lowest BCUT2D eigenvalue weighted by Crippen LogP contribution is -2.41. The van der Waals surface area contributed by atoms with E-state index in [1.807, 2.05) is 4.90 Å². The molecule has 14 heavy (non-hydrogen) atoms. The van der Waals surface area contributed by atoms with Gasteiger partial charge in [-0.3, -0.25) is 4.79 Å². The van der Waals surface area contributed by atoms with Crippen LogP contribution in [0.3, 0.4) is 0 Å². The van der Waals surface area contributed by atoms with Gasteiger partial charge in [0, 0.05) is 19.1 Å². The van der Waals surface area contributed by atoms with Crippen molar-refractivity contribution in [3.05, 3.63) is 0 Å². The Morgan fingerprint density at radius 1 is 1.43 bits per heavy atom. The second-order valence-electron chi connectivity index (χ2n) is 4.46. The molecule has 2 unspecified atom stereocenters. The van der Waals surface area contributed by atoms with Crippen molar-refractivity contribution in [2.45, 2.75) is 31.3 Å². The third-order valence-corrected chi connectivity index (χ3v) is 3.44. The molecule has 0 spiro atoms. The molecule has 2 aliphatic rings. The zero-order valence-corrected chi connectivity index (χ0v) is 8.78. The Morgan fingerprint density at radius 3 is 2.71 bits per heavy atom. The number of nitrogens with two attached hydrogens (primary N) is 1. The number of hydrogen-bond donors (Lipinski definition) is 1. The molecule has 2 rings (SSSR count). The number of likely N-dealkylation sites (N-methyl/N-ethyl adjacent to an activating group) is 1. The summed E-state index contributed by atoms with van der Waals surface area (Å²) < 4.78 is 0. The molecule has 2 N–H and O–H groups in total. The van der Waals surface area contributed by atoms with Crippen molar-refractivity contribution >= 4 is 5.91 Å². The van der Waals surface area contributed by atoms with Gasteiger partial charge in [0.1, 0.15) is 0 Å². The zero-order chi connectivity index (χ0) is 10.1. The molecule has 2 saturated heterocycles. The van der Waals surface area contributed by atoms with Crippen LogP contribution < -0.4 is 5.73 Å². The van der Waals surface area contributed by atoms with Gasteiger partial charge in [-0.1, -0.05) is 0 Å². The van der Waals surface area contributed by atoms with Gasteiger partial charge in [-0.25, -0.2) is 0 Å². The minimum absolute atomic E-state index is 0.144. The molecule has 0 aromatic carbocycles. The predicted molar refractivity (Wildman–Crippen MR) is 54.8 cm³/mol. The first-order chi connectivity index (χ1) is 6.68. The van der Waals surface area contributed by atoms with Gasteiger partial charge in [0.25, 0.3) is 0 Å². The second-order valence-corrected chi connectivity index (χ2v) is 4.46. The lowest BCUT2D eigenvalue weighted by molar-refractivity contribution is -0.129. The van der Waals surface area contributed by atoms with Crippen LogP contribution in [-0.2, 0) is 4.79 Å². The molecule has 4 nitrogen and oxygen atoms in total. The van der Waals surface area contributed by atoms with Gasteiger partial charge in [0.15, 0.2) is 0 Å². The Labute approximate surface area is 85.0 Å². The largest absolute Gasteiger partial charge is 0.340 e. The van der Waals surface area contributed by atoms with Crippen LogP contribution >= 0.6 is 0 Å². The van der Waals surface area contributed by atoms with Crippen molar-refractivity contribution < 1.29 is 4.79 Å². The summed E-state index contributed by atoms with van der Waals surface area (Å²) in [6, 6.07) is 0.325. The molecule has 0 radical (unpaired) electrons. The fraction of sp³-hybridized carbons (Fsp3) is 0.900. The van der Waals surface area contributed by atoms with Gasteiger partial charge in [-0.15, -0.1) is 0 Å². The van der Waals surface area contributed by atoms with Crippen LogP contribution in [0.15, 0.2) is 0 Å². The van der Waals surface area contributed by atoms with Crippen LogP contribution in [0.4, 0.5) is 0 Å². The molecule has 0 saturated carbocycles. The van der Waals surface area contributed by atoms with Crippen LogP contribution in [0.5, 0.6) is 0 Å². The van der Waals surface area contributed by atoms with Crippen molar-refractivity contribution in [3.8, 4) is 0 Å². The summed E-state index contributed by atoms with van der Waals surface area (Å²) in [5, 5.41) is 0. The van der Waals surface area contributed by atoms with E-state index in [2.05, 4.69) is 11.9 Å². The minimum Gasteiger partial charge on any atom is -0.340 e. The molecular weight excluding hydrogens is 178 g/mol. The van der Waals surface area contributed by atoms with Gasteiger partial charge >= 0.3 is 0 Å². The van der Waals surface area contributed by atoms with Crippen LogP contribution in [-0.4, -0.2) is 54.5 Å². The van der Waals surface area contributed by atoms with E-state index in [-0.39, 0.29) is 11.9 Å². The molecule has 2 aliphatic heterocycles. The first-order valence-corrected chi connectivity index (χ1v) is 5.43. The molecule has 2 heterocycles. The molecule has 1 amide bonds. The smallest absolute Gasteiger partial charge is 0.239 e. The number of nitrogens with zero attached hydrogens (tertiary/aromatic N) is 2. The summed E-state index contributed by atoms with van der Waals surface area (Å²) >= 11 is 0. The molecule has 0 aromatic heterocycles. The summed E-state index contributed by atoms with van der Waals surface area (Å²) in [7, 11) is 2.14. The Hall–Kier alpha value is -0.610. The first kappa shape index (κ1) is 9.93. The van der Waals surface area contributed by atoms with E-state index in [4.69, 9.17) is 5.73 Å². The number of carbonyl (C=O) groups is 1. The fourth-order valence-electron chi connectivity index (χ4n) is 2.41. The number of amides is 1. The summed E-state index contributed by atoms with van der Waals surface area (Å²) in [6.45, 7) is 2.89. The van der Waals surface area contributed by atoms with Crippen molar-refractivity contribution in [1.82, 2.24) is 9.80 Å². The monoisotopic (exact) mass is 197 g/mol. The van der Waals surface area contributed by atoms with Gasteiger partial charge in [-0.05, 0) is 32.9 Å². The first-order valence-electron chi connectivity index (χ1n) is 5.43. The molecule has 2 atom stereocenters. The molecule has 2 fully saturated rings. The van der Waals surface area contributed by atoms with Gasteiger partial charge in [-0.2, -0.15) is 0 Å². The van der Waals surface area contributed by atoms with Crippen LogP contribution in [0.1, 0.15) is 19.3 Å². The molecular formula is C10H19N3O. The lowest BCUT2D eigenvalue weighted by atomic mass is 10.2. The van der Waals surface area contributed by atoms with Crippen LogP contribution in [0.25, 0.3) is 0 Å². The van der Waals surface area contributed by atoms with Gasteiger partial charge in [0.05, 0.1) is 6.04 Å². The fourth-order valence-corrected chi connectivity index (χ4v) is 2.41. The van der Waals surface area contributed by atoms with E-state index in [0.717, 1.165) is 19.5 Å². The van der Waals surface area contributed by atoms with E-state index in [0.29, 0.717) is 6.04 Å². The topological polar surface area (TPSA) is 49.6 Å². The number of carbonyl (C=O) groups excluding carboxylic acids is 1. The van der Waals surface area contributed by atoms with E-state index in [9.17, 15) is 4.79 Å². The predicted octanol–water partition coefficient (Wildman–Crippen LogP) is -0.360. The SMILES string of the molecule is CN1CCCC1CN1CCC(N)C1=O. The Balaban J connectivity index is 1.88. The van der Waals surface area contributed by atoms with Crippen LogP contribution in [0.2, 0.25) is 0 Å². The maximum atomic E-state index is 11.6. The normalized spacial score (nSPS) is 34.4. The zero-order valence-electron chi connectivity index (χ0n) is 8.78. The highest BCUT2D eigenvalue weighted by Crippen LogP contribution is 2.18. The number of hydrogen-bond acceptors (Lipinski definition) is 3. The average molecular weight is 197 g/mol. The Kier molecular flexibility index (Phi) is 2.74. The van der Waals surface area contributed by atoms with Crippen molar-refractivity contribution in [2.75, 3.05) is 26.7 Å². The average Bonchev–Trinajstić information content (AvgIpc) is 2.68. The van der Waals surface area contributed by atoms with E-state index in [1.54, 1.807) is 0 Å². The highest BCUT2D eigenvalue weighted by Gasteiger charge is 2.32. The lowest BCUT2D eigenvalue weighted by Gasteiger charge is -2.25. The third kappa shape index (κ3) is 1.77. The highest BCUT2D eigenvalue weighted by atomic mass is 16.2. The third-order valence-electron chi connectivity index (χ3n) is 3.44. The molecule has 0 aliphatic carbocycles. The Morgan fingerprint density at radius 2 is 2.21 bits per heavy atom. The molecule has 4 heteroatoms. The van der Waals surface area contributed by atoms with E-state index >= 15 is 0 Å². The molecule has 80 valence electrons. The standard InChI is InChI=1S/C10H19N3O/c1-12-5-2-3-8(12)7-13-6-4-9(11)10(13)14/h8-9H,2-7,11H2,1H3. The van der Waals surface area contributed by atoms with Gasteiger partial charge < -0.3 is 15.5 Å². The highest BCUT2D eigenvalue weighted by molar-refractivity contribution is 5.83. The molecule has 0 aromatic rings. The number of likely N-dealkylation sites (tertiary alicyclic amines) is 2. The summed E-state index contributed by atoms with van der Waals surface area (Å²) in [6.07, 6.45) is 3.31. The van der Waals surface area contributed by atoms with E-state index < -0.39 is 0 Å². The summed E-state index contributed by atoms with van der Waals surface area (Å²) in [5.74, 6) is 0.144. The maximum Gasteiger partial charge on any atom is 0.239 e. The quantitative estimate of drug-likeness (QED) is 0.657. The maximum absolute atomic E-state index is 11.6. The van der Waals surface area contributed by atoms with Gasteiger partial charge in [0.2, 0.25) is 5.91 Å². The minimum atomic E-state index is -0.235. The van der Waals surface area contributed by atoms with Crippen LogP contribution in [0, 0.1) is 0 Å². The Bertz CT molecular complexity index is 231. The van der Waals surface area contributed by atoms with Crippen molar-refractivity contribution in [1.29, 1.82) is 0 Å². The second kappa shape index (κ2) is 3.87. The molecule has 0 bridgehead atoms. The number of rotatable bonds is 2.